The Balaban J connectivity index is 0.000000331. The third kappa shape index (κ3) is 9.82. The van der Waals surface area contributed by atoms with Crippen LogP contribution in [0.15, 0.2) is 0 Å². The molecule has 0 aromatic carbocycles. The normalized spacial score (nSPS) is 23.7. The number of morpholine rings is 2. The summed E-state index contributed by atoms with van der Waals surface area (Å²) in [6.07, 6.45) is -1.96. The van der Waals surface area contributed by atoms with Crippen LogP contribution in [-0.2, 0) is 28.5 Å². The van der Waals surface area contributed by atoms with Crippen molar-refractivity contribution in [2.75, 3.05) is 39.4 Å². The summed E-state index contributed by atoms with van der Waals surface area (Å²) in [6.45, 7) is 13.2. The molecule has 2 N–H and O–H groups in total. The molecule has 12 nitrogen and oxygen atoms in total. The molecular weight excluding hydrogens is 440 g/mol. The van der Waals surface area contributed by atoms with Crippen molar-refractivity contribution in [3.8, 4) is 0 Å². The predicted molar refractivity (Wildman–Crippen MR) is 115 cm³/mol. The molecule has 2 aliphatic rings. The molecule has 33 heavy (non-hydrogen) atoms. The molecule has 0 saturated carbocycles. The van der Waals surface area contributed by atoms with Crippen LogP contribution in [0.5, 0.6) is 0 Å². The number of ether oxygens (including phenoxy) is 4. The molecule has 2 rings (SSSR count). The minimum absolute atomic E-state index is 0.00273. The highest BCUT2D eigenvalue weighted by atomic mass is 16.6. The van der Waals surface area contributed by atoms with Gasteiger partial charge in [0.15, 0.2) is 11.7 Å². The highest BCUT2D eigenvalue weighted by molar-refractivity contribution is 5.79. The zero-order valence-electron chi connectivity index (χ0n) is 20.4. The Morgan fingerprint density at radius 2 is 1.36 bits per heavy atom. The van der Waals surface area contributed by atoms with Gasteiger partial charge in [0.2, 0.25) is 0 Å². The lowest BCUT2D eigenvalue weighted by Crippen LogP contribution is -2.56. The molecule has 190 valence electrons. The van der Waals surface area contributed by atoms with E-state index in [9.17, 15) is 19.2 Å². The van der Waals surface area contributed by atoms with Crippen molar-refractivity contribution in [3.05, 3.63) is 0 Å². The quantitative estimate of drug-likeness (QED) is 0.603. The SMILES string of the molecule is CC(C)(C)OC(=O)N1CCOC(C(=O)O)C1.CC(C)(C)OC(=O)N1CCOC(C)(C(=O)O)C1. The average molecular weight is 477 g/mol. The Bertz CT molecular complexity index is 728. The zero-order valence-corrected chi connectivity index (χ0v) is 20.4. The van der Waals surface area contributed by atoms with Crippen LogP contribution in [0.3, 0.4) is 0 Å². The Labute approximate surface area is 193 Å². The van der Waals surface area contributed by atoms with Crippen LogP contribution in [0.2, 0.25) is 0 Å². The Hall–Kier alpha value is -2.60. The number of rotatable bonds is 2. The molecule has 0 aliphatic carbocycles. The second-order valence-electron chi connectivity index (χ2n) is 9.91. The topological polar surface area (TPSA) is 152 Å². The molecule has 2 aliphatic heterocycles. The number of carbonyl (C=O) groups is 4. The van der Waals surface area contributed by atoms with Gasteiger partial charge in [0, 0.05) is 13.1 Å². The van der Waals surface area contributed by atoms with Gasteiger partial charge in [-0.2, -0.15) is 0 Å². The molecule has 0 aromatic heterocycles. The first-order valence-electron chi connectivity index (χ1n) is 10.6. The fourth-order valence-electron chi connectivity index (χ4n) is 2.77. The molecule has 0 spiro atoms. The molecule has 0 bridgehead atoms. The van der Waals surface area contributed by atoms with E-state index in [0.29, 0.717) is 13.1 Å². The summed E-state index contributed by atoms with van der Waals surface area (Å²) < 4.78 is 20.5. The molecule has 0 aromatic rings. The van der Waals surface area contributed by atoms with Crippen molar-refractivity contribution in [2.24, 2.45) is 0 Å². The number of hydrogen-bond acceptors (Lipinski definition) is 8. The summed E-state index contributed by atoms with van der Waals surface area (Å²) in [7, 11) is 0. The second kappa shape index (κ2) is 11.0. The molecule has 2 unspecified atom stereocenters. The third-order valence-electron chi connectivity index (χ3n) is 4.37. The third-order valence-corrected chi connectivity index (χ3v) is 4.37. The van der Waals surface area contributed by atoms with E-state index in [2.05, 4.69) is 0 Å². The highest BCUT2D eigenvalue weighted by Gasteiger charge is 2.41. The van der Waals surface area contributed by atoms with Crippen molar-refractivity contribution >= 4 is 24.1 Å². The van der Waals surface area contributed by atoms with Crippen molar-refractivity contribution in [3.63, 3.8) is 0 Å². The summed E-state index contributed by atoms with van der Waals surface area (Å²) in [5.74, 6) is -2.14. The van der Waals surface area contributed by atoms with Crippen molar-refractivity contribution in [2.45, 2.75) is 71.4 Å². The van der Waals surface area contributed by atoms with Crippen LogP contribution in [0, 0.1) is 0 Å². The summed E-state index contributed by atoms with van der Waals surface area (Å²) >= 11 is 0. The van der Waals surface area contributed by atoms with Gasteiger partial charge in [-0.15, -0.1) is 0 Å². The second-order valence-corrected chi connectivity index (χ2v) is 9.91. The van der Waals surface area contributed by atoms with Crippen LogP contribution < -0.4 is 0 Å². The molecule has 12 heteroatoms. The van der Waals surface area contributed by atoms with Crippen molar-refractivity contribution in [1.82, 2.24) is 9.80 Å². The van der Waals surface area contributed by atoms with Crippen LogP contribution in [-0.4, -0.2) is 106 Å². The Kier molecular flexibility index (Phi) is 9.49. The largest absolute Gasteiger partial charge is 0.479 e. The van der Waals surface area contributed by atoms with Gasteiger partial charge < -0.3 is 39.0 Å². The lowest BCUT2D eigenvalue weighted by Gasteiger charge is -2.38. The van der Waals surface area contributed by atoms with Crippen LogP contribution in [0.1, 0.15) is 48.5 Å². The van der Waals surface area contributed by atoms with E-state index in [-0.39, 0.29) is 26.3 Å². The Morgan fingerprint density at radius 3 is 1.82 bits per heavy atom. The van der Waals surface area contributed by atoms with Crippen LogP contribution >= 0.6 is 0 Å². The standard InChI is InChI=1S/C11H19NO5.C10H17NO5/c1-10(2,3)17-9(15)12-5-6-16-11(4,7-12)8(13)14;1-10(2,3)16-9(14)11-4-5-15-7(6-11)8(12)13/h5-7H2,1-4H3,(H,13,14);7H,4-6H2,1-3H3,(H,12,13). The van der Waals surface area contributed by atoms with Gasteiger partial charge in [-0.25, -0.2) is 19.2 Å². The number of amides is 2. The molecular formula is C21H36N2O10. The highest BCUT2D eigenvalue weighted by Crippen LogP contribution is 2.20. The number of carboxylic acids is 2. The number of hydrogen-bond donors (Lipinski definition) is 2. The van der Waals surface area contributed by atoms with Crippen molar-refractivity contribution in [1.29, 1.82) is 0 Å². The van der Waals surface area contributed by atoms with E-state index in [1.807, 2.05) is 0 Å². The van der Waals surface area contributed by atoms with Gasteiger partial charge in [-0.1, -0.05) is 0 Å². The van der Waals surface area contributed by atoms with Gasteiger partial charge in [0.25, 0.3) is 0 Å². The maximum absolute atomic E-state index is 11.8. The molecule has 0 radical (unpaired) electrons. The minimum Gasteiger partial charge on any atom is -0.479 e. The minimum atomic E-state index is -1.35. The number of carbonyl (C=O) groups excluding carboxylic acids is 2. The maximum atomic E-state index is 11.8. The van der Waals surface area contributed by atoms with E-state index >= 15 is 0 Å². The molecule has 2 saturated heterocycles. The lowest BCUT2D eigenvalue weighted by molar-refractivity contribution is -0.173. The fraction of sp³-hybridized carbons (Fsp3) is 0.810. The number of nitrogens with zero attached hydrogens (tertiary/aromatic N) is 2. The van der Waals surface area contributed by atoms with Crippen molar-refractivity contribution < 1.29 is 48.3 Å². The van der Waals surface area contributed by atoms with E-state index < -0.39 is 47.0 Å². The molecule has 2 amide bonds. The maximum Gasteiger partial charge on any atom is 0.410 e. The first-order valence-corrected chi connectivity index (χ1v) is 10.6. The predicted octanol–water partition coefficient (Wildman–Crippen LogP) is 1.80. The molecule has 2 atom stereocenters. The van der Waals surface area contributed by atoms with E-state index in [1.54, 1.807) is 41.5 Å². The fourth-order valence-corrected chi connectivity index (χ4v) is 2.77. The van der Waals surface area contributed by atoms with Gasteiger partial charge in [0.05, 0.1) is 26.3 Å². The zero-order chi connectivity index (χ0) is 25.6. The van der Waals surface area contributed by atoms with E-state index in [1.165, 1.54) is 16.7 Å². The molecule has 2 fully saturated rings. The van der Waals surface area contributed by atoms with Gasteiger partial charge >= 0.3 is 24.1 Å². The first kappa shape index (κ1) is 28.4. The first-order chi connectivity index (χ1) is 14.9. The van der Waals surface area contributed by atoms with Gasteiger partial charge in [-0.3, -0.25) is 0 Å². The lowest BCUT2D eigenvalue weighted by atomic mass is 10.1. The van der Waals surface area contributed by atoms with Crippen LogP contribution in [0.25, 0.3) is 0 Å². The summed E-state index contributed by atoms with van der Waals surface area (Å²) in [6, 6.07) is 0. The molecule has 2 heterocycles. The van der Waals surface area contributed by atoms with Gasteiger partial charge in [-0.05, 0) is 48.5 Å². The van der Waals surface area contributed by atoms with E-state index in [4.69, 9.17) is 29.2 Å². The number of carboxylic acid groups (broad SMARTS) is 2. The smallest absolute Gasteiger partial charge is 0.410 e. The summed E-state index contributed by atoms with van der Waals surface area (Å²) in [5, 5.41) is 17.8. The van der Waals surface area contributed by atoms with Gasteiger partial charge in [0.1, 0.15) is 11.2 Å². The summed E-state index contributed by atoms with van der Waals surface area (Å²) in [4.78, 5) is 47.9. The average Bonchev–Trinajstić information content (AvgIpc) is 2.66. The summed E-state index contributed by atoms with van der Waals surface area (Å²) in [5.41, 5.74) is -2.52. The van der Waals surface area contributed by atoms with E-state index in [0.717, 1.165) is 0 Å². The Morgan fingerprint density at radius 1 is 0.879 bits per heavy atom. The van der Waals surface area contributed by atoms with Crippen LogP contribution in [0.4, 0.5) is 9.59 Å². The number of aliphatic carboxylic acids is 2. The monoisotopic (exact) mass is 476 g/mol.